The van der Waals surface area contributed by atoms with Crippen molar-refractivity contribution in [1.29, 1.82) is 0 Å². The maximum atomic E-state index is 13.0. The summed E-state index contributed by atoms with van der Waals surface area (Å²) in [4.78, 5) is 28.0. The molecule has 2 aromatic rings. The zero-order valence-corrected chi connectivity index (χ0v) is 16.3. The van der Waals surface area contributed by atoms with Crippen molar-refractivity contribution < 1.29 is 9.59 Å². The van der Waals surface area contributed by atoms with E-state index in [0.29, 0.717) is 24.4 Å². The third-order valence-corrected chi connectivity index (χ3v) is 5.18. The van der Waals surface area contributed by atoms with Crippen LogP contribution in [0.25, 0.3) is 0 Å². The van der Waals surface area contributed by atoms with Crippen LogP contribution in [0, 0.1) is 0 Å². The van der Waals surface area contributed by atoms with Crippen molar-refractivity contribution in [2.24, 2.45) is 0 Å². The van der Waals surface area contributed by atoms with Crippen LogP contribution in [0.15, 0.2) is 47.8 Å². The number of hydrogen-bond acceptors (Lipinski definition) is 4. The lowest BCUT2D eigenvalue weighted by atomic mass is 10.0. The first-order valence-electron chi connectivity index (χ1n) is 8.54. The van der Waals surface area contributed by atoms with Gasteiger partial charge in [0.2, 0.25) is 5.91 Å². The van der Waals surface area contributed by atoms with Crippen LogP contribution in [-0.2, 0) is 11.2 Å². The molecular formula is C19H24ClN3O2S. The third kappa shape index (κ3) is 5.30. The molecule has 1 saturated heterocycles. The Balaban J connectivity index is 0.00000243. The summed E-state index contributed by atoms with van der Waals surface area (Å²) < 4.78 is 0. The third-order valence-electron chi connectivity index (χ3n) is 4.31. The summed E-state index contributed by atoms with van der Waals surface area (Å²) >= 11 is 1.38. The monoisotopic (exact) mass is 393 g/mol. The fourth-order valence-electron chi connectivity index (χ4n) is 3.04. The van der Waals surface area contributed by atoms with Gasteiger partial charge < -0.3 is 15.5 Å². The van der Waals surface area contributed by atoms with Gasteiger partial charge in [0.25, 0.3) is 5.91 Å². The minimum absolute atomic E-state index is 0. The molecule has 3 rings (SSSR count). The predicted octanol–water partition coefficient (Wildman–Crippen LogP) is 2.33. The van der Waals surface area contributed by atoms with Gasteiger partial charge in [0, 0.05) is 32.1 Å². The smallest absolute Gasteiger partial charge is 0.262 e. The molecule has 2 heterocycles. The number of piperazine rings is 1. The molecule has 1 aromatic carbocycles. The van der Waals surface area contributed by atoms with Gasteiger partial charge in [0.05, 0.1) is 4.88 Å². The fourth-order valence-corrected chi connectivity index (χ4v) is 3.67. The summed E-state index contributed by atoms with van der Waals surface area (Å²) in [7, 11) is 0. The lowest BCUT2D eigenvalue weighted by Gasteiger charge is -2.34. The fraction of sp³-hybridized carbons (Fsp3) is 0.368. The first-order chi connectivity index (χ1) is 12.1. The van der Waals surface area contributed by atoms with Crippen LogP contribution >= 0.6 is 23.7 Å². The van der Waals surface area contributed by atoms with Crippen LogP contribution < -0.4 is 10.6 Å². The van der Waals surface area contributed by atoms with Crippen molar-refractivity contribution in [3.8, 4) is 0 Å². The first-order valence-corrected chi connectivity index (χ1v) is 9.42. The van der Waals surface area contributed by atoms with Crippen LogP contribution in [0.1, 0.15) is 22.2 Å². The van der Waals surface area contributed by atoms with Crippen molar-refractivity contribution in [2.75, 3.05) is 19.6 Å². The number of carbonyl (C=O) groups is 2. The molecule has 2 amide bonds. The van der Waals surface area contributed by atoms with Crippen molar-refractivity contribution >= 4 is 35.6 Å². The molecule has 1 aliphatic rings. The number of rotatable bonds is 5. The average Bonchev–Trinajstić information content (AvgIpc) is 3.16. The van der Waals surface area contributed by atoms with Gasteiger partial charge in [-0.25, -0.2) is 0 Å². The summed E-state index contributed by atoms with van der Waals surface area (Å²) in [5, 5.41) is 8.14. The van der Waals surface area contributed by atoms with Gasteiger partial charge in [-0.3, -0.25) is 9.59 Å². The van der Waals surface area contributed by atoms with Crippen LogP contribution in [0.2, 0.25) is 0 Å². The highest BCUT2D eigenvalue weighted by Crippen LogP contribution is 2.12. The molecule has 7 heteroatoms. The Morgan fingerprint density at radius 2 is 2.04 bits per heavy atom. The zero-order valence-electron chi connectivity index (χ0n) is 14.7. The van der Waals surface area contributed by atoms with Crippen molar-refractivity contribution in [3.05, 3.63) is 58.3 Å². The molecule has 0 radical (unpaired) electrons. The quantitative estimate of drug-likeness (QED) is 0.819. The number of nitrogens with one attached hydrogen (secondary N) is 2. The Labute approximate surface area is 164 Å². The molecule has 2 atom stereocenters. The summed E-state index contributed by atoms with van der Waals surface area (Å²) in [5.41, 5.74) is 1.04. The number of halogens is 1. The van der Waals surface area contributed by atoms with E-state index in [1.54, 1.807) is 6.07 Å². The zero-order chi connectivity index (χ0) is 17.6. The van der Waals surface area contributed by atoms with E-state index >= 15 is 0 Å². The maximum absolute atomic E-state index is 13.0. The van der Waals surface area contributed by atoms with E-state index in [9.17, 15) is 9.59 Å². The molecule has 140 valence electrons. The topological polar surface area (TPSA) is 61.4 Å². The second-order valence-corrected chi connectivity index (χ2v) is 7.28. The Bertz CT molecular complexity index is 709. The first kappa shape index (κ1) is 20.4. The molecule has 0 spiro atoms. The molecule has 26 heavy (non-hydrogen) atoms. The summed E-state index contributed by atoms with van der Waals surface area (Å²) in [5.74, 6) is -0.199. The standard InChI is InChI=1S/C19H23N3O2S.ClH/c1-14-13-22(10-9-20-14)19(24)16(12-15-6-3-2-4-7-15)21-18(23)17-8-5-11-25-17;/h2-8,11,14,16,20H,9-10,12-13H2,1H3,(H,21,23);1H. The molecule has 2 N–H and O–H groups in total. The van der Waals surface area contributed by atoms with E-state index in [0.717, 1.165) is 12.1 Å². The molecule has 1 aromatic heterocycles. The van der Waals surface area contributed by atoms with Gasteiger partial charge in [-0.15, -0.1) is 23.7 Å². The van der Waals surface area contributed by atoms with E-state index in [-0.39, 0.29) is 30.3 Å². The molecule has 0 saturated carbocycles. The predicted molar refractivity (Wildman–Crippen MR) is 107 cm³/mol. The van der Waals surface area contributed by atoms with Crippen LogP contribution in [-0.4, -0.2) is 48.4 Å². The Morgan fingerprint density at radius 3 is 2.69 bits per heavy atom. The highest BCUT2D eigenvalue weighted by Gasteiger charge is 2.29. The lowest BCUT2D eigenvalue weighted by molar-refractivity contribution is -0.134. The van der Waals surface area contributed by atoms with E-state index in [2.05, 4.69) is 17.6 Å². The molecule has 5 nitrogen and oxygen atoms in total. The average molecular weight is 394 g/mol. The van der Waals surface area contributed by atoms with Gasteiger partial charge in [0.15, 0.2) is 0 Å². The molecule has 1 fully saturated rings. The van der Waals surface area contributed by atoms with E-state index < -0.39 is 6.04 Å². The van der Waals surface area contributed by atoms with Crippen molar-refractivity contribution in [3.63, 3.8) is 0 Å². The normalized spacial score (nSPS) is 17.9. The van der Waals surface area contributed by atoms with Gasteiger partial charge in [-0.05, 0) is 23.9 Å². The second-order valence-electron chi connectivity index (χ2n) is 6.33. The summed E-state index contributed by atoms with van der Waals surface area (Å²) in [6.45, 7) is 4.18. The number of carbonyl (C=O) groups excluding carboxylic acids is 2. The Morgan fingerprint density at radius 1 is 1.27 bits per heavy atom. The highest BCUT2D eigenvalue weighted by atomic mass is 35.5. The molecule has 0 bridgehead atoms. The lowest BCUT2D eigenvalue weighted by Crippen LogP contribution is -2.57. The Kier molecular flexibility index (Phi) is 7.63. The summed E-state index contributed by atoms with van der Waals surface area (Å²) in [6.07, 6.45) is 0.495. The minimum Gasteiger partial charge on any atom is -0.339 e. The molecule has 0 aliphatic carbocycles. The van der Waals surface area contributed by atoms with Crippen LogP contribution in [0.5, 0.6) is 0 Å². The van der Waals surface area contributed by atoms with E-state index in [4.69, 9.17) is 0 Å². The SMILES string of the molecule is CC1CN(C(=O)C(Cc2ccccc2)NC(=O)c2cccs2)CCN1.Cl. The second kappa shape index (κ2) is 9.71. The molecule has 1 aliphatic heterocycles. The van der Waals surface area contributed by atoms with Crippen LogP contribution in [0.3, 0.4) is 0 Å². The summed E-state index contributed by atoms with van der Waals surface area (Å²) in [6, 6.07) is 13.1. The number of hydrogen-bond donors (Lipinski definition) is 2. The van der Waals surface area contributed by atoms with Gasteiger partial charge in [0.1, 0.15) is 6.04 Å². The molecule has 2 unspecified atom stereocenters. The maximum Gasteiger partial charge on any atom is 0.262 e. The van der Waals surface area contributed by atoms with E-state index in [1.807, 2.05) is 46.7 Å². The number of benzene rings is 1. The number of amides is 2. The Hall–Kier alpha value is -1.89. The highest BCUT2D eigenvalue weighted by molar-refractivity contribution is 7.12. The van der Waals surface area contributed by atoms with Gasteiger partial charge >= 0.3 is 0 Å². The van der Waals surface area contributed by atoms with Crippen LogP contribution in [0.4, 0.5) is 0 Å². The minimum atomic E-state index is -0.553. The van der Waals surface area contributed by atoms with Crippen molar-refractivity contribution in [2.45, 2.75) is 25.4 Å². The number of nitrogens with zero attached hydrogens (tertiary/aromatic N) is 1. The van der Waals surface area contributed by atoms with E-state index in [1.165, 1.54) is 11.3 Å². The largest absolute Gasteiger partial charge is 0.339 e. The van der Waals surface area contributed by atoms with Gasteiger partial charge in [-0.2, -0.15) is 0 Å². The molecular weight excluding hydrogens is 370 g/mol. The van der Waals surface area contributed by atoms with Gasteiger partial charge in [-0.1, -0.05) is 36.4 Å². The number of thiophene rings is 1. The van der Waals surface area contributed by atoms with Crippen molar-refractivity contribution in [1.82, 2.24) is 15.5 Å².